The van der Waals surface area contributed by atoms with Gasteiger partial charge in [-0.15, -0.1) is 0 Å². The number of nitrogens with zero attached hydrogens (tertiary/aromatic N) is 1. The third-order valence-corrected chi connectivity index (χ3v) is 3.87. The highest BCUT2D eigenvalue weighted by Crippen LogP contribution is 2.20. The molecule has 1 unspecified atom stereocenters. The van der Waals surface area contributed by atoms with E-state index in [0.29, 0.717) is 6.04 Å². The van der Waals surface area contributed by atoms with Crippen LogP contribution >= 0.6 is 0 Å². The second-order valence-electron chi connectivity index (χ2n) is 5.13. The van der Waals surface area contributed by atoms with Gasteiger partial charge in [-0.3, -0.25) is 0 Å². The number of urea groups is 1. The van der Waals surface area contributed by atoms with Gasteiger partial charge in [0.25, 0.3) is 0 Å². The summed E-state index contributed by atoms with van der Waals surface area (Å²) in [5.41, 5.74) is 1.17. The van der Waals surface area contributed by atoms with Crippen molar-refractivity contribution in [2.75, 3.05) is 7.05 Å². The number of nitrogens with one attached hydrogen (secondary N) is 1. The van der Waals surface area contributed by atoms with Gasteiger partial charge < -0.3 is 10.2 Å². The lowest BCUT2D eigenvalue weighted by atomic mass is 10.1. The summed E-state index contributed by atoms with van der Waals surface area (Å²) in [6.07, 6.45) is 4.73. The summed E-state index contributed by atoms with van der Waals surface area (Å²) in [5, 5.41) is 3.12. The Kier molecular flexibility index (Phi) is 4.24. The minimum Gasteiger partial charge on any atom is -0.335 e. The molecule has 0 saturated heterocycles. The average molecular weight is 246 g/mol. The number of rotatable bonds is 3. The third kappa shape index (κ3) is 3.03. The van der Waals surface area contributed by atoms with E-state index >= 15 is 0 Å². The van der Waals surface area contributed by atoms with Crippen LogP contribution in [0, 0.1) is 0 Å². The van der Waals surface area contributed by atoms with Crippen LogP contribution in [0.4, 0.5) is 4.79 Å². The Balaban J connectivity index is 1.93. The van der Waals surface area contributed by atoms with Gasteiger partial charge in [0, 0.05) is 13.1 Å². The van der Waals surface area contributed by atoms with Crippen LogP contribution in [0.5, 0.6) is 0 Å². The van der Waals surface area contributed by atoms with E-state index in [9.17, 15) is 4.79 Å². The Hall–Kier alpha value is -1.51. The Labute approximate surface area is 109 Å². The van der Waals surface area contributed by atoms with E-state index in [0.717, 1.165) is 12.8 Å². The Morgan fingerprint density at radius 1 is 1.28 bits per heavy atom. The zero-order valence-corrected chi connectivity index (χ0v) is 11.2. The third-order valence-electron chi connectivity index (χ3n) is 3.87. The fourth-order valence-corrected chi connectivity index (χ4v) is 2.48. The van der Waals surface area contributed by atoms with E-state index in [1.54, 1.807) is 4.90 Å². The molecule has 98 valence electrons. The standard InChI is InChI=1S/C15H22N2O/c1-12(13-8-4-3-5-9-13)17(2)15(18)16-14-10-6-7-11-14/h3-5,8-9,12,14H,6-7,10-11H2,1-2H3,(H,16,18). The summed E-state index contributed by atoms with van der Waals surface area (Å²) in [5.74, 6) is 0. The summed E-state index contributed by atoms with van der Waals surface area (Å²) < 4.78 is 0. The first-order chi connectivity index (χ1) is 8.68. The summed E-state index contributed by atoms with van der Waals surface area (Å²) in [7, 11) is 1.86. The van der Waals surface area contributed by atoms with Gasteiger partial charge in [-0.1, -0.05) is 43.2 Å². The molecule has 2 rings (SSSR count). The molecule has 3 nitrogen and oxygen atoms in total. The zero-order chi connectivity index (χ0) is 13.0. The SMILES string of the molecule is CC(c1ccccc1)N(C)C(=O)NC1CCCC1. The minimum absolute atomic E-state index is 0.0400. The quantitative estimate of drug-likeness (QED) is 0.871. The number of benzene rings is 1. The molecule has 1 aliphatic rings. The van der Waals surface area contributed by atoms with Gasteiger partial charge in [0.15, 0.2) is 0 Å². The molecule has 1 N–H and O–H groups in total. The van der Waals surface area contributed by atoms with Crippen molar-refractivity contribution in [1.29, 1.82) is 0 Å². The first-order valence-corrected chi connectivity index (χ1v) is 6.77. The minimum atomic E-state index is 0.0400. The smallest absolute Gasteiger partial charge is 0.317 e. The van der Waals surface area contributed by atoms with Crippen LogP contribution in [-0.2, 0) is 0 Å². The molecule has 1 aliphatic carbocycles. The topological polar surface area (TPSA) is 32.3 Å². The van der Waals surface area contributed by atoms with Crippen LogP contribution in [0.1, 0.15) is 44.2 Å². The number of hydrogen-bond donors (Lipinski definition) is 1. The molecular weight excluding hydrogens is 224 g/mol. The summed E-state index contributed by atoms with van der Waals surface area (Å²) in [4.78, 5) is 13.9. The fraction of sp³-hybridized carbons (Fsp3) is 0.533. The van der Waals surface area contributed by atoms with Gasteiger partial charge in [0.1, 0.15) is 0 Å². The van der Waals surface area contributed by atoms with Crippen molar-refractivity contribution in [3.63, 3.8) is 0 Å². The second kappa shape index (κ2) is 5.89. The molecule has 1 saturated carbocycles. The molecule has 0 radical (unpaired) electrons. The van der Waals surface area contributed by atoms with E-state index in [1.807, 2.05) is 25.2 Å². The van der Waals surface area contributed by atoms with E-state index < -0.39 is 0 Å². The van der Waals surface area contributed by atoms with Crippen LogP contribution in [0.15, 0.2) is 30.3 Å². The highest BCUT2D eigenvalue weighted by Gasteiger charge is 2.22. The van der Waals surface area contributed by atoms with Crippen LogP contribution in [-0.4, -0.2) is 24.0 Å². The molecule has 0 spiro atoms. The maximum Gasteiger partial charge on any atom is 0.317 e. The number of carbonyl (C=O) groups excluding carboxylic acids is 1. The van der Waals surface area contributed by atoms with Crippen LogP contribution in [0.2, 0.25) is 0 Å². The van der Waals surface area contributed by atoms with Crippen molar-refractivity contribution in [2.45, 2.75) is 44.7 Å². The Morgan fingerprint density at radius 3 is 2.50 bits per heavy atom. The molecule has 0 aliphatic heterocycles. The Morgan fingerprint density at radius 2 is 1.89 bits per heavy atom. The zero-order valence-electron chi connectivity index (χ0n) is 11.2. The largest absolute Gasteiger partial charge is 0.335 e. The first kappa shape index (κ1) is 12.9. The van der Waals surface area contributed by atoms with Crippen molar-refractivity contribution in [1.82, 2.24) is 10.2 Å². The van der Waals surface area contributed by atoms with E-state index in [1.165, 1.54) is 18.4 Å². The van der Waals surface area contributed by atoms with Gasteiger partial charge in [-0.2, -0.15) is 0 Å². The van der Waals surface area contributed by atoms with Gasteiger partial charge in [0.2, 0.25) is 0 Å². The lowest BCUT2D eigenvalue weighted by Crippen LogP contribution is -2.43. The van der Waals surface area contributed by atoms with Crippen LogP contribution in [0.3, 0.4) is 0 Å². The monoisotopic (exact) mass is 246 g/mol. The molecule has 3 heteroatoms. The summed E-state index contributed by atoms with van der Waals surface area (Å²) in [6, 6.07) is 10.7. The average Bonchev–Trinajstić information content (AvgIpc) is 2.91. The van der Waals surface area contributed by atoms with Gasteiger partial charge >= 0.3 is 6.03 Å². The van der Waals surface area contributed by atoms with Crippen LogP contribution < -0.4 is 5.32 Å². The maximum absolute atomic E-state index is 12.1. The number of hydrogen-bond acceptors (Lipinski definition) is 1. The van der Waals surface area contributed by atoms with Gasteiger partial charge in [0.05, 0.1) is 6.04 Å². The molecular formula is C15H22N2O. The molecule has 1 aromatic rings. The molecule has 1 fully saturated rings. The molecule has 0 bridgehead atoms. The summed E-state index contributed by atoms with van der Waals surface area (Å²) >= 11 is 0. The first-order valence-electron chi connectivity index (χ1n) is 6.77. The molecule has 1 aromatic carbocycles. The van der Waals surface area contributed by atoms with Crippen molar-refractivity contribution < 1.29 is 4.79 Å². The van der Waals surface area contributed by atoms with Gasteiger partial charge in [-0.05, 0) is 25.3 Å². The van der Waals surface area contributed by atoms with E-state index in [2.05, 4.69) is 24.4 Å². The highest BCUT2D eigenvalue weighted by molar-refractivity contribution is 5.74. The number of carbonyl (C=O) groups is 1. The lowest BCUT2D eigenvalue weighted by molar-refractivity contribution is 0.190. The summed E-state index contributed by atoms with van der Waals surface area (Å²) in [6.45, 7) is 2.06. The molecule has 2 amide bonds. The molecule has 1 atom stereocenters. The second-order valence-corrected chi connectivity index (χ2v) is 5.13. The fourth-order valence-electron chi connectivity index (χ4n) is 2.48. The van der Waals surface area contributed by atoms with Crippen molar-refractivity contribution >= 4 is 6.03 Å². The molecule has 0 heterocycles. The predicted octanol–water partition coefficient (Wildman–Crippen LogP) is 3.33. The molecule has 0 aromatic heterocycles. The van der Waals surface area contributed by atoms with Crippen LogP contribution in [0.25, 0.3) is 0 Å². The van der Waals surface area contributed by atoms with Crippen molar-refractivity contribution in [2.24, 2.45) is 0 Å². The van der Waals surface area contributed by atoms with E-state index in [-0.39, 0.29) is 12.1 Å². The number of amides is 2. The van der Waals surface area contributed by atoms with Crippen molar-refractivity contribution in [3.8, 4) is 0 Å². The Bertz CT molecular complexity index is 385. The predicted molar refractivity (Wildman–Crippen MR) is 73.4 cm³/mol. The van der Waals surface area contributed by atoms with Gasteiger partial charge in [-0.25, -0.2) is 4.79 Å². The molecule has 18 heavy (non-hydrogen) atoms. The maximum atomic E-state index is 12.1. The normalized spacial score (nSPS) is 17.4. The highest BCUT2D eigenvalue weighted by atomic mass is 16.2. The van der Waals surface area contributed by atoms with Crippen molar-refractivity contribution in [3.05, 3.63) is 35.9 Å². The van der Waals surface area contributed by atoms with E-state index in [4.69, 9.17) is 0 Å². The lowest BCUT2D eigenvalue weighted by Gasteiger charge is -2.27.